The summed E-state index contributed by atoms with van der Waals surface area (Å²) in [5, 5.41) is 2.68. The van der Waals surface area contributed by atoms with Gasteiger partial charge >= 0.3 is 0 Å². The van der Waals surface area contributed by atoms with Gasteiger partial charge in [-0.3, -0.25) is 4.79 Å². The van der Waals surface area contributed by atoms with E-state index in [0.717, 1.165) is 0 Å². The minimum atomic E-state index is -0.533. The molecule has 0 radical (unpaired) electrons. The van der Waals surface area contributed by atoms with Crippen LogP contribution in [0.15, 0.2) is 40.9 Å². The van der Waals surface area contributed by atoms with E-state index in [9.17, 15) is 9.18 Å². The Bertz CT molecular complexity index is 628. The number of hydrogen-bond donors (Lipinski definition) is 2. The quantitative estimate of drug-likeness (QED) is 0.807. The van der Waals surface area contributed by atoms with E-state index in [0.29, 0.717) is 10.2 Å². The molecule has 0 saturated carbocycles. The van der Waals surface area contributed by atoms with E-state index >= 15 is 0 Å². The highest BCUT2D eigenvalue weighted by atomic mass is 79.9. The van der Waals surface area contributed by atoms with Crippen LogP contribution in [0.5, 0.6) is 0 Å². The summed E-state index contributed by atoms with van der Waals surface area (Å²) >= 11 is 9.09. The number of halogens is 3. The minimum Gasteiger partial charge on any atom is -0.399 e. The van der Waals surface area contributed by atoms with Gasteiger partial charge in [-0.15, -0.1) is 0 Å². The Labute approximate surface area is 122 Å². The minimum absolute atomic E-state index is 0.0698. The van der Waals surface area contributed by atoms with Gasteiger partial charge in [0.05, 0.1) is 16.3 Å². The van der Waals surface area contributed by atoms with Crippen LogP contribution in [0.1, 0.15) is 10.4 Å². The van der Waals surface area contributed by atoms with Crippen molar-refractivity contribution in [3.05, 3.63) is 57.3 Å². The first-order valence-electron chi connectivity index (χ1n) is 5.29. The molecule has 0 unspecified atom stereocenters. The van der Waals surface area contributed by atoms with Gasteiger partial charge in [-0.2, -0.15) is 0 Å². The number of benzene rings is 2. The molecule has 0 fully saturated rings. The molecule has 0 spiro atoms. The summed E-state index contributed by atoms with van der Waals surface area (Å²) in [6.45, 7) is 0. The molecule has 0 saturated heterocycles. The third-order valence-corrected chi connectivity index (χ3v) is 3.41. The lowest BCUT2D eigenvalue weighted by molar-refractivity contribution is 0.102. The van der Waals surface area contributed by atoms with Gasteiger partial charge in [0.1, 0.15) is 5.82 Å². The summed E-state index contributed by atoms with van der Waals surface area (Å²) in [4.78, 5) is 12.0. The van der Waals surface area contributed by atoms with E-state index in [-0.39, 0.29) is 16.3 Å². The van der Waals surface area contributed by atoms with E-state index in [2.05, 4.69) is 21.2 Å². The zero-order valence-electron chi connectivity index (χ0n) is 9.58. The summed E-state index contributed by atoms with van der Waals surface area (Å²) in [5.74, 6) is -1.04. The first-order chi connectivity index (χ1) is 8.99. The van der Waals surface area contributed by atoms with Crippen LogP contribution in [0.2, 0.25) is 5.02 Å². The van der Waals surface area contributed by atoms with Crippen LogP contribution in [0.4, 0.5) is 15.8 Å². The number of para-hydroxylation sites is 1. The lowest BCUT2D eigenvalue weighted by Crippen LogP contribution is -2.14. The summed E-state index contributed by atoms with van der Waals surface area (Å²) < 4.78 is 14.0. The Balaban J connectivity index is 2.31. The molecule has 3 nitrogen and oxygen atoms in total. The van der Waals surface area contributed by atoms with Crippen molar-refractivity contribution >= 4 is 44.8 Å². The SMILES string of the molecule is Nc1ccc(C(=O)Nc2c(F)cccc2Br)c(Cl)c1. The van der Waals surface area contributed by atoms with Crippen LogP contribution in [-0.4, -0.2) is 5.91 Å². The molecule has 0 aliphatic carbocycles. The lowest BCUT2D eigenvalue weighted by Gasteiger charge is -2.09. The fraction of sp³-hybridized carbons (Fsp3) is 0. The smallest absolute Gasteiger partial charge is 0.257 e. The van der Waals surface area contributed by atoms with Gasteiger partial charge in [-0.05, 0) is 46.3 Å². The van der Waals surface area contributed by atoms with Gasteiger partial charge in [0.2, 0.25) is 0 Å². The van der Waals surface area contributed by atoms with Crippen LogP contribution < -0.4 is 11.1 Å². The number of nitrogen functional groups attached to an aromatic ring is 1. The predicted molar refractivity (Wildman–Crippen MR) is 77.9 cm³/mol. The molecule has 0 bridgehead atoms. The second kappa shape index (κ2) is 5.59. The molecule has 1 amide bonds. The second-order valence-corrected chi connectivity index (χ2v) is 5.05. The maximum Gasteiger partial charge on any atom is 0.257 e. The average molecular weight is 344 g/mol. The van der Waals surface area contributed by atoms with Crippen LogP contribution in [-0.2, 0) is 0 Å². The fourth-order valence-corrected chi connectivity index (χ4v) is 2.23. The Morgan fingerprint density at radius 2 is 2.05 bits per heavy atom. The highest BCUT2D eigenvalue weighted by Gasteiger charge is 2.14. The number of nitrogens with one attached hydrogen (secondary N) is 1. The summed E-state index contributed by atoms with van der Waals surface area (Å²) in [7, 11) is 0. The van der Waals surface area contributed by atoms with Crippen molar-refractivity contribution in [2.24, 2.45) is 0 Å². The summed E-state index contributed by atoms with van der Waals surface area (Å²) in [6, 6.07) is 8.92. The third kappa shape index (κ3) is 3.05. The number of anilines is 2. The lowest BCUT2D eigenvalue weighted by atomic mass is 10.2. The number of amides is 1. The fourth-order valence-electron chi connectivity index (χ4n) is 1.51. The van der Waals surface area contributed by atoms with Crippen LogP contribution in [0.25, 0.3) is 0 Å². The molecule has 2 aromatic rings. The van der Waals surface area contributed by atoms with E-state index in [1.165, 1.54) is 24.3 Å². The van der Waals surface area contributed by atoms with Crippen molar-refractivity contribution < 1.29 is 9.18 Å². The monoisotopic (exact) mass is 342 g/mol. The molecular formula is C13H9BrClFN2O. The number of carbonyl (C=O) groups excluding carboxylic acids is 1. The summed E-state index contributed by atoms with van der Waals surface area (Å²) in [6.07, 6.45) is 0. The molecule has 2 aromatic carbocycles. The highest BCUT2D eigenvalue weighted by molar-refractivity contribution is 9.10. The van der Waals surface area contributed by atoms with E-state index in [1.54, 1.807) is 12.1 Å². The van der Waals surface area contributed by atoms with Crippen molar-refractivity contribution in [3.8, 4) is 0 Å². The number of nitrogens with two attached hydrogens (primary N) is 1. The van der Waals surface area contributed by atoms with Crippen molar-refractivity contribution in [2.75, 3.05) is 11.1 Å². The van der Waals surface area contributed by atoms with Crippen molar-refractivity contribution in [2.45, 2.75) is 0 Å². The zero-order chi connectivity index (χ0) is 14.0. The van der Waals surface area contributed by atoms with Crippen LogP contribution in [0, 0.1) is 5.82 Å². The Morgan fingerprint density at radius 3 is 2.68 bits per heavy atom. The van der Waals surface area contributed by atoms with Gasteiger partial charge in [0.15, 0.2) is 0 Å². The Hall–Kier alpha value is -1.59. The number of carbonyl (C=O) groups is 1. The molecule has 0 aliphatic rings. The van der Waals surface area contributed by atoms with Crippen molar-refractivity contribution in [1.82, 2.24) is 0 Å². The van der Waals surface area contributed by atoms with Crippen LogP contribution >= 0.6 is 27.5 Å². The van der Waals surface area contributed by atoms with Crippen molar-refractivity contribution in [3.63, 3.8) is 0 Å². The second-order valence-electron chi connectivity index (χ2n) is 3.79. The molecule has 0 aliphatic heterocycles. The first kappa shape index (κ1) is 13.8. The Kier molecular flexibility index (Phi) is 4.07. The zero-order valence-corrected chi connectivity index (χ0v) is 11.9. The molecule has 6 heteroatoms. The van der Waals surface area contributed by atoms with Gasteiger partial charge in [-0.1, -0.05) is 17.7 Å². The van der Waals surface area contributed by atoms with E-state index in [4.69, 9.17) is 17.3 Å². The number of hydrogen-bond acceptors (Lipinski definition) is 2. The average Bonchev–Trinajstić information content (AvgIpc) is 2.33. The van der Waals surface area contributed by atoms with Gasteiger partial charge < -0.3 is 11.1 Å². The van der Waals surface area contributed by atoms with E-state index in [1.807, 2.05) is 0 Å². The van der Waals surface area contributed by atoms with Crippen molar-refractivity contribution in [1.29, 1.82) is 0 Å². The standard InChI is InChI=1S/C13H9BrClFN2O/c14-9-2-1-3-11(16)12(9)18-13(19)8-5-4-7(17)6-10(8)15/h1-6H,17H2,(H,18,19). The molecule has 0 aromatic heterocycles. The Morgan fingerprint density at radius 1 is 1.32 bits per heavy atom. The molecule has 0 heterocycles. The molecule has 98 valence electrons. The molecular weight excluding hydrogens is 335 g/mol. The largest absolute Gasteiger partial charge is 0.399 e. The molecule has 2 rings (SSSR count). The maximum atomic E-state index is 13.6. The predicted octanol–water partition coefficient (Wildman–Crippen LogP) is 4.08. The maximum absolute atomic E-state index is 13.6. The van der Waals surface area contributed by atoms with Crippen LogP contribution in [0.3, 0.4) is 0 Å². The molecule has 0 atom stereocenters. The normalized spacial score (nSPS) is 10.3. The number of rotatable bonds is 2. The summed E-state index contributed by atoms with van der Waals surface area (Å²) in [5.41, 5.74) is 6.29. The first-order valence-corrected chi connectivity index (χ1v) is 6.46. The van der Waals surface area contributed by atoms with Gasteiger partial charge in [-0.25, -0.2) is 4.39 Å². The van der Waals surface area contributed by atoms with E-state index < -0.39 is 11.7 Å². The third-order valence-electron chi connectivity index (χ3n) is 2.44. The highest BCUT2D eigenvalue weighted by Crippen LogP contribution is 2.27. The molecule has 19 heavy (non-hydrogen) atoms. The topological polar surface area (TPSA) is 55.1 Å². The van der Waals surface area contributed by atoms with Gasteiger partial charge in [0.25, 0.3) is 5.91 Å². The molecule has 3 N–H and O–H groups in total. The van der Waals surface area contributed by atoms with Gasteiger partial charge in [0, 0.05) is 10.2 Å².